The third kappa shape index (κ3) is 2.71. The van der Waals surface area contributed by atoms with Crippen LogP contribution in [-0.2, 0) is 6.42 Å². The van der Waals surface area contributed by atoms with Gasteiger partial charge in [0.05, 0.1) is 5.69 Å². The van der Waals surface area contributed by atoms with Crippen molar-refractivity contribution in [2.24, 2.45) is 0 Å². The number of anilines is 3. The van der Waals surface area contributed by atoms with Crippen molar-refractivity contribution in [3.05, 3.63) is 66.2 Å². The van der Waals surface area contributed by atoms with Crippen LogP contribution in [0.15, 0.2) is 60.7 Å². The number of benzene rings is 2. The minimum atomic E-state index is 0.818. The molecule has 0 spiro atoms. The monoisotopic (exact) mass is 342 g/mol. The standard InChI is InChI=1S/C22H22N4/c1-2-8-17(9-3-1)19-16-21(25-13-6-7-14-25)24-22(23-19)26-15-12-18-10-4-5-11-20(18)26/h1-5,8-11,16H,6-7,12-15H2. The summed E-state index contributed by atoms with van der Waals surface area (Å²) < 4.78 is 0. The Morgan fingerprint density at radius 3 is 2.38 bits per heavy atom. The zero-order chi connectivity index (χ0) is 17.3. The third-order valence-corrected chi connectivity index (χ3v) is 5.33. The Morgan fingerprint density at radius 2 is 1.54 bits per heavy atom. The van der Waals surface area contributed by atoms with Crippen LogP contribution in [0.4, 0.5) is 17.5 Å². The van der Waals surface area contributed by atoms with Gasteiger partial charge in [-0.15, -0.1) is 0 Å². The molecule has 26 heavy (non-hydrogen) atoms. The summed E-state index contributed by atoms with van der Waals surface area (Å²) in [6, 6.07) is 21.2. The molecule has 1 aromatic heterocycles. The number of aromatic nitrogens is 2. The average Bonchev–Trinajstić information content (AvgIpc) is 3.38. The largest absolute Gasteiger partial charge is 0.356 e. The van der Waals surface area contributed by atoms with Gasteiger partial charge < -0.3 is 9.80 Å². The zero-order valence-corrected chi connectivity index (χ0v) is 14.8. The van der Waals surface area contributed by atoms with Crippen molar-refractivity contribution in [1.29, 1.82) is 0 Å². The summed E-state index contributed by atoms with van der Waals surface area (Å²) in [5.74, 6) is 1.87. The van der Waals surface area contributed by atoms with Gasteiger partial charge in [-0.1, -0.05) is 48.5 Å². The second kappa shape index (κ2) is 6.45. The van der Waals surface area contributed by atoms with E-state index in [1.807, 2.05) is 6.07 Å². The Morgan fingerprint density at radius 1 is 0.769 bits per heavy atom. The van der Waals surface area contributed by atoms with Crippen molar-refractivity contribution < 1.29 is 0 Å². The molecule has 0 atom stereocenters. The van der Waals surface area contributed by atoms with Crippen molar-refractivity contribution in [3.63, 3.8) is 0 Å². The number of para-hydroxylation sites is 1. The van der Waals surface area contributed by atoms with E-state index in [1.54, 1.807) is 0 Å². The second-order valence-corrected chi connectivity index (χ2v) is 7.00. The fourth-order valence-electron chi connectivity index (χ4n) is 3.95. The highest BCUT2D eigenvalue weighted by molar-refractivity contribution is 5.70. The van der Waals surface area contributed by atoms with Gasteiger partial charge in [0, 0.05) is 37.0 Å². The average molecular weight is 342 g/mol. The molecule has 4 nitrogen and oxygen atoms in total. The normalized spacial score (nSPS) is 16.2. The Bertz CT molecular complexity index is 916. The van der Waals surface area contributed by atoms with Crippen molar-refractivity contribution in [2.75, 3.05) is 29.4 Å². The van der Waals surface area contributed by atoms with E-state index in [0.717, 1.165) is 49.1 Å². The molecule has 1 fully saturated rings. The van der Waals surface area contributed by atoms with Gasteiger partial charge in [-0.3, -0.25) is 0 Å². The molecule has 0 aliphatic carbocycles. The highest BCUT2D eigenvalue weighted by Crippen LogP contribution is 2.35. The molecule has 3 aromatic rings. The summed E-state index contributed by atoms with van der Waals surface area (Å²) >= 11 is 0. The Hall–Kier alpha value is -2.88. The van der Waals surface area contributed by atoms with E-state index in [0.29, 0.717) is 0 Å². The lowest BCUT2D eigenvalue weighted by Crippen LogP contribution is -2.22. The van der Waals surface area contributed by atoms with E-state index in [-0.39, 0.29) is 0 Å². The predicted molar refractivity (Wildman–Crippen MR) is 106 cm³/mol. The lowest BCUT2D eigenvalue weighted by molar-refractivity contribution is 0.898. The molecule has 2 aliphatic heterocycles. The van der Waals surface area contributed by atoms with Crippen LogP contribution in [0.1, 0.15) is 18.4 Å². The number of hydrogen-bond acceptors (Lipinski definition) is 4. The van der Waals surface area contributed by atoms with E-state index >= 15 is 0 Å². The molecular formula is C22H22N4. The molecule has 0 bridgehead atoms. The molecule has 0 saturated carbocycles. The van der Waals surface area contributed by atoms with Gasteiger partial charge >= 0.3 is 0 Å². The van der Waals surface area contributed by atoms with Crippen LogP contribution in [0.5, 0.6) is 0 Å². The van der Waals surface area contributed by atoms with Crippen LogP contribution in [0.25, 0.3) is 11.3 Å². The first-order valence-electron chi connectivity index (χ1n) is 9.43. The smallest absolute Gasteiger partial charge is 0.232 e. The lowest BCUT2D eigenvalue weighted by atomic mass is 10.1. The molecule has 1 saturated heterocycles. The lowest BCUT2D eigenvalue weighted by Gasteiger charge is -2.22. The Labute approximate surface area is 154 Å². The molecule has 3 heterocycles. The highest BCUT2D eigenvalue weighted by Gasteiger charge is 2.24. The first-order chi connectivity index (χ1) is 12.9. The van der Waals surface area contributed by atoms with Crippen LogP contribution in [-0.4, -0.2) is 29.6 Å². The number of nitrogens with zero attached hydrogens (tertiary/aromatic N) is 4. The maximum Gasteiger partial charge on any atom is 0.232 e. The fraction of sp³-hybridized carbons (Fsp3) is 0.273. The van der Waals surface area contributed by atoms with Crippen LogP contribution in [0.2, 0.25) is 0 Å². The molecule has 4 heteroatoms. The molecule has 0 radical (unpaired) electrons. The van der Waals surface area contributed by atoms with Crippen molar-refractivity contribution in [3.8, 4) is 11.3 Å². The summed E-state index contributed by atoms with van der Waals surface area (Å²) in [4.78, 5) is 14.6. The van der Waals surface area contributed by atoms with E-state index in [2.05, 4.69) is 64.4 Å². The minimum Gasteiger partial charge on any atom is -0.356 e. The first-order valence-corrected chi connectivity index (χ1v) is 9.43. The van der Waals surface area contributed by atoms with Gasteiger partial charge in [0.15, 0.2) is 0 Å². The van der Waals surface area contributed by atoms with Gasteiger partial charge in [-0.2, -0.15) is 4.98 Å². The van der Waals surface area contributed by atoms with Crippen LogP contribution < -0.4 is 9.80 Å². The van der Waals surface area contributed by atoms with E-state index < -0.39 is 0 Å². The quantitative estimate of drug-likeness (QED) is 0.704. The zero-order valence-electron chi connectivity index (χ0n) is 14.8. The molecule has 5 rings (SSSR count). The number of hydrogen-bond donors (Lipinski definition) is 0. The topological polar surface area (TPSA) is 32.3 Å². The SMILES string of the molecule is c1ccc(-c2cc(N3CCCC3)nc(N3CCc4ccccc43)n2)cc1. The van der Waals surface area contributed by atoms with E-state index in [9.17, 15) is 0 Å². The first kappa shape index (κ1) is 15.4. The maximum absolute atomic E-state index is 4.96. The molecule has 2 aromatic carbocycles. The summed E-state index contributed by atoms with van der Waals surface area (Å²) in [6.45, 7) is 3.11. The van der Waals surface area contributed by atoms with Crippen molar-refractivity contribution in [1.82, 2.24) is 9.97 Å². The molecule has 2 aliphatic rings. The van der Waals surface area contributed by atoms with Crippen molar-refractivity contribution >= 4 is 17.5 Å². The van der Waals surface area contributed by atoms with Gasteiger partial charge in [0.2, 0.25) is 5.95 Å². The Balaban J connectivity index is 1.62. The van der Waals surface area contributed by atoms with Gasteiger partial charge in [0.1, 0.15) is 5.82 Å². The highest BCUT2D eigenvalue weighted by atomic mass is 15.3. The predicted octanol–water partition coefficient (Wildman–Crippen LogP) is 4.44. The van der Waals surface area contributed by atoms with Crippen LogP contribution >= 0.6 is 0 Å². The third-order valence-electron chi connectivity index (χ3n) is 5.33. The van der Waals surface area contributed by atoms with Crippen molar-refractivity contribution in [2.45, 2.75) is 19.3 Å². The second-order valence-electron chi connectivity index (χ2n) is 7.00. The fourth-order valence-corrected chi connectivity index (χ4v) is 3.95. The van der Waals surface area contributed by atoms with E-state index in [1.165, 1.54) is 24.1 Å². The van der Waals surface area contributed by atoms with Crippen LogP contribution in [0.3, 0.4) is 0 Å². The summed E-state index contributed by atoms with van der Waals surface area (Å²) in [5.41, 5.74) is 4.76. The molecular weight excluding hydrogens is 320 g/mol. The van der Waals surface area contributed by atoms with Gasteiger partial charge in [-0.05, 0) is 30.9 Å². The maximum atomic E-state index is 4.96. The minimum absolute atomic E-state index is 0.818. The van der Waals surface area contributed by atoms with E-state index in [4.69, 9.17) is 9.97 Å². The molecule has 0 N–H and O–H groups in total. The summed E-state index contributed by atoms with van der Waals surface area (Å²) in [7, 11) is 0. The summed E-state index contributed by atoms with van der Waals surface area (Å²) in [6.07, 6.45) is 3.53. The molecule has 0 amide bonds. The molecule has 130 valence electrons. The number of fused-ring (bicyclic) bond motifs is 1. The van der Waals surface area contributed by atoms with Gasteiger partial charge in [-0.25, -0.2) is 4.98 Å². The van der Waals surface area contributed by atoms with Crippen LogP contribution in [0, 0.1) is 0 Å². The summed E-state index contributed by atoms with van der Waals surface area (Å²) in [5, 5.41) is 0. The molecule has 0 unspecified atom stereocenters. The van der Waals surface area contributed by atoms with Gasteiger partial charge in [0.25, 0.3) is 0 Å². The Kier molecular flexibility index (Phi) is 3.81. The number of rotatable bonds is 3.